The van der Waals surface area contributed by atoms with Gasteiger partial charge in [0.05, 0.1) is 10.8 Å². The Morgan fingerprint density at radius 1 is 0.140 bits per heavy atom. The highest BCUT2D eigenvalue weighted by Gasteiger charge is 2.52. The van der Waals surface area contributed by atoms with E-state index >= 15 is 0 Å². The largest absolute Gasteiger partial charge is 0.208 e. The smallest absolute Gasteiger partial charge is 0.164 e. The van der Waals surface area contributed by atoms with Crippen LogP contribution in [0.2, 0.25) is 0 Å². The Bertz CT molecular complexity index is 6610. The summed E-state index contributed by atoms with van der Waals surface area (Å²) in [6.07, 6.45) is 0. The van der Waals surface area contributed by atoms with E-state index in [2.05, 4.69) is 413 Å². The second kappa shape index (κ2) is 27.0. The lowest BCUT2D eigenvalue weighted by Crippen LogP contribution is -2.28. The van der Waals surface area contributed by atoms with Gasteiger partial charge in [0.1, 0.15) is 0 Å². The van der Waals surface area contributed by atoms with E-state index in [0.717, 1.165) is 66.1 Å². The first-order chi connectivity index (χ1) is 56.5. The number of nitrogens with zero attached hydrogens (tertiary/aromatic N) is 6. The zero-order valence-electron chi connectivity index (χ0n) is 61.9. The first kappa shape index (κ1) is 66.0. The number of benzene rings is 18. The van der Waals surface area contributed by atoms with E-state index in [1.54, 1.807) is 0 Å². The lowest BCUT2D eigenvalue weighted by Gasteiger charge is -2.34. The zero-order valence-corrected chi connectivity index (χ0v) is 61.9. The molecule has 0 saturated carbocycles. The average Bonchev–Trinajstić information content (AvgIpc) is 1.51. The second-order valence-electron chi connectivity index (χ2n) is 29.9. The van der Waals surface area contributed by atoms with Crippen LogP contribution in [0, 0.1) is 0 Å². The summed E-state index contributed by atoms with van der Waals surface area (Å²) >= 11 is 0. The van der Waals surface area contributed by atoms with E-state index in [9.17, 15) is 0 Å². The van der Waals surface area contributed by atoms with E-state index in [4.69, 9.17) is 29.9 Å². The Kier molecular flexibility index (Phi) is 15.6. The zero-order chi connectivity index (χ0) is 75.3. The van der Waals surface area contributed by atoms with Gasteiger partial charge in [0, 0.05) is 33.4 Å². The van der Waals surface area contributed by atoms with Crippen molar-refractivity contribution in [3.8, 4) is 124 Å². The standard InChI is InChI=1S/C54H33N3.C54H35N3/c1-3-14-38-32-40(30-24-34(38)12-1)52-55-51(56-53(57-52)41-31-25-35-13-2-4-15-39(35)33-41)37-28-26-36(27-29-37)42-19-11-23-49-50(42)45-18-7-10-22-48(45)54(49)46-20-8-5-16-43(46)44-17-6-9-21-47(44)54;1-3-18-44(19-4-1)54(45-20-5-2-6-21-45)48-24-12-11-22-47(48)50-46(23-13-25-49(50)54)38-28-30-39(31-29-38)51-55-52(42-32-26-36-14-7-9-16-40(36)34-42)57-53(56-51)43-33-27-37-15-8-10-17-41(37)35-43/h1-33H;1-35H. The van der Waals surface area contributed by atoms with Gasteiger partial charge >= 0.3 is 0 Å². The molecule has 0 aliphatic heterocycles. The first-order valence-electron chi connectivity index (χ1n) is 39.0. The molecule has 530 valence electrons. The van der Waals surface area contributed by atoms with Crippen LogP contribution in [0.15, 0.2) is 413 Å². The summed E-state index contributed by atoms with van der Waals surface area (Å²) in [6, 6.07) is 148. The van der Waals surface area contributed by atoms with Crippen LogP contribution in [0.4, 0.5) is 0 Å². The molecule has 2 aromatic heterocycles. The molecule has 0 N–H and O–H groups in total. The molecule has 0 radical (unpaired) electrons. The van der Waals surface area contributed by atoms with Gasteiger partial charge < -0.3 is 0 Å². The summed E-state index contributed by atoms with van der Waals surface area (Å²) in [5.74, 6) is 3.88. The minimum absolute atomic E-state index is 0.377. The van der Waals surface area contributed by atoms with Gasteiger partial charge in [-0.15, -0.1) is 0 Å². The molecule has 23 rings (SSSR count). The maximum Gasteiger partial charge on any atom is 0.164 e. The van der Waals surface area contributed by atoms with Crippen molar-refractivity contribution in [2.45, 2.75) is 10.8 Å². The van der Waals surface area contributed by atoms with E-state index in [1.165, 1.54) is 111 Å². The highest BCUT2D eigenvalue weighted by atomic mass is 15.0. The van der Waals surface area contributed by atoms with Gasteiger partial charge in [-0.05, 0) is 167 Å². The molecule has 0 amide bonds. The Hall–Kier alpha value is -15.0. The SMILES string of the molecule is c1ccc(C2(c3ccccc3)c3ccccc3-c3c(-c4ccc(-c5nc(-c6ccc7ccccc7c6)nc(-c6ccc7ccccc7c6)n5)cc4)cccc32)cc1.c1ccc2c(c1)-c1ccccc1C21c2ccccc2-c2c(-c3ccc(-c4nc(-c5ccc6ccccc6c5)nc(-c5ccc6ccccc6c5)n4)cc3)cccc21. The number of hydrogen-bond acceptors (Lipinski definition) is 6. The molecule has 18 aromatic carbocycles. The van der Waals surface area contributed by atoms with E-state index < -0.39 is 5.41 Å². The van der Waals surface area contributed by atoms with Gasteiger partial charge in [-0.1, -0.05) is 388 Å². The molecular weight excluding hydrogens is 1380 g/mol. The molecule has 0 fully saturated rings. The molecule has 1 spiro atoms. The van der Waals surface area contributed by atoms with Gasteiger partial charge in [-0.25, -0.2) is 29.9 Å². The molecule has 20 aromatic rings. The van der Waals surface area contributed by atoms with Crippen molar-refractivity contribution < 1.29 is 0 Å². The number of hydrogen-bond donors (Lipinski definition) is 0. The summed E-state index contributed by atoms with van der Waals surface area (Å²) in [5.41, 5.74) is 27.8. The number of aromatic nitrogens is 6. The third kappa shape index (κ3) is 10.7. The summed E-state index contributed by atoms with van der Waals surface area (Å²) in [7, 11) is 0. The van der Waals surface area contributed by atoms with Crippen molar-refractivity contribution in [2.24, 2.45) is 0 Å². The molecule has 3 aliphatic carbocycles. The second-order valence-corrected chi connectivity index (χ2v) is 29.9. The third-order valence-electron chi connectivity index (χ3n) is 23.7. The summed E-state index contributed by atoms with van der Waals surface area (Å²) in [6.45, 7) is 0. The predicted molar refractivity (Wildman–Crippen MR) is 467 cm³/mol. The topological polar surface area (TPSA) is 77.3 Å². The number of fused-ring (bicyclic) bond motifs is 17. The van der Waals surface area contributed by atoms with Crippen LogP contribution in [-0.4, -0.2) is 29.9 Å². The van der Waals surface area contributed by atoms with Crippen molar-refractivity contribution in [1.29, 1.82) is 0 Å². The van der Waals surface area contributed by atoms with E-state index in [1.807, 2.05) is 0 Å². The summed E-state index contributed by atoms with van der Waals surface area (Å²) < 4.78 is 0. The summed E-state index contributed by atoms with van der Waals surface area (Å²) in [5, 5.41) is 9.32. The van der Waals surface area contributed by atoms with Crippen molar-refractivity contribution in [1.82, 2.24) is 29.9 Å². The van der Waals surface area contributed by atoms with Crippen LogP contribution in [0.1, 0.15) is 44.5 Å². The van der Waals surface area contributed by atoms with E-state index in [-0.39, 0.29) is 5.41 Å². The fraction of sp³-hybridized carbons (Fsp3) is 0.0185. The lowest BCUT2D eigenvalue weighted by atomic mass is 9.67. The highest BCUT2D eigenvalue weighted by molar-refractivity contribution is 6.01. The summed E-state index contributed by atoms with van der Waals surface area (Å²) in [4.78, 5) is 30.7. The molecular formula is C108H68N6. The van der Waals surface area contributed by atoms with Crippen LogP contribution < -0.4 is 0 Å². The highest BCUT2D eigenvalue weighted by Crippen LogP contribution is 2.64. The van der Waals surface area contributed by atoms with Gasteiger partial charge in [0.25, 0.3) is 0 Å². The minimum atomic E-state index is -0.451. The Balaban J connectivity index is 0.000000139. The van der Waals surface area contributed by atoms with Crippen molar-refractivity contribution >= 4 is 43.1 Å². The van der Waals surface area contributed by atoms with Gasteiger partial charge in [0.15, 0.2) is 34.9 Å². The van der Waals surface area contributed by atoms with Crippen molar-refractivity contribution in [3.05, 3.63) is 457 Å². The van der Waals surface area contributed by atoms with Crippen LogP contribution in [0.3, 0.4) is 0 Å². The molecule has 114 heavy (non-hydrogen) atoms. The molecule has 0 saturated heterocycles. The molecule has 0 bridgehead atoms. The molecule has 3 aliphatic rings. The normalized spacial score (nSPS) is 12.9. The molecule has 0 unspecified atom stereocenters. The fourth-order valence-corrected chi connectivity index (χ4v) is 18.6. The Labute approximate surface area is 660 Å². The molecule has 0 atom stereocenters. The molecule has 6 nitrogen and oxygen atoms in total. The lowest BCUT2D eigenvalue weighted by molar-refractivity contribution is 0.768. The van der Waals surface area contributed by atoms with Crippen LogP contribution >= 0.6 is 0 Å². The van der Waals surface area contributed by atoms with Crippen molar-refractivity contribution in [2.75, 3.05) is 0 Å². The third-order valence-corrected chi connectivity index (χ3v) is 23.7. The molecule has 2 heterocycles. The van der Waals surface area contributed by atoms with Crippen LogP contribution in [-0.2, 0) is 10.8 Å². The quantitative estimate of drug-likeness (QED) is 0.136. The Morgan fingerprint density at radius 3 is 0.711 bits per heavy atom. The van der Waals surface area contributed by atoms with Crippen LogP contribution in [0.25, 0.3) is 167 Å². The Morgan fingerprint density at radius 2 is 0.368 bits per heavy atom. The maximum atomic E-state index is 5.13. The van der Waals surface area contributed by atoms with Crippen LogP contribution in [0.5, 0.6) is 0 Å². The average molecular weight is 1450 g/mol. The first-order valence-corrected chi connectivity index (χ1v) is 39.0. The van der Waals surface area contributed by atoms with Gasteiger partial charge in [-0.3, -0.25) is 0 Å². The minimum Gasteiger partial charge on any atom is -0.208 e. The maximum absolute atomic E-state index is 5.13. The number of rotatable bonds is 10. The fourth-order valence-electron chi connectivity index (χ4n) is 18.6. The van der Waals surface area contributed by atoms with E-state index in [0.29, 0.717) is 34.9 Å². The monoisotopic (exact) mass is 1450 g/mol. The van der Waals surface area contributed by atoms with Gasteiger partial charge in [0.2, 0.25) is 0 Å². The predicted octanol–water partition coefficient (Wildman–Crippen LogP) is 26.4. The van der Waals surface area contributed by atoms with Gasteiger partial charge in [-0.2, -0.15) is 0 Å². The molecule has 6 heteroatoms. The van der Waals surface area contributed by atoms with Crippen molar-refractivity contribution in [3.63, 3.8) is 0 Å².